The van der Waals surface area contributed by atoms with Crippen LogP contribution in [0.15, 0.2) is 24.3 Å². The van der Waals surface area contributed by atoms with Gasteiger partial charge in [-0.25, -0.2) is 0 Å². The Bertz CT molecular complexity index is 390. The van der Waals surface area contributed by atoms with Crippen LogP contribution in [0, 0.1) is 0 Å². The third-order valence-corrected chi connectivity index (χ3v) is 4.03. The molecular weight excluding hydrogens is 236 g/mol. The van der Waals surface area contributed by atoms with E-state index in [1.165, 1.54) is 24.0 Å². The molecule has 2 rings (SSSR count). The van der Waals surface area contributed by atoms with E-state index in [2.05, 4.69) is 36.5 Å². The van der Waals surface area contributed by atoms with Crippen LogP contribution in [0.2, 0.25) is 0 Å². The van der Waals surface area contributed by atoms with Crippen molar-refractivity contribution < 1.29 is 5.11 Å². The van der Waals surface area contributed by atoms with Gasteiger partial charge in [0.05, 0.1) is 0 Å². The number of nitrogens with two attached hydrogens (primary N) is 1. The van der Waals surface area contributed by atoms with Crippen LogP contribution >= 0.6 is 0 Å². The maximum atomic E-state index is 9.11. The largest absolute Gasteiger partial charge is 0.396 e. The fourth-order valence-corrected chi connectivity index (χ4v) is 2.72. The average molecular weight is 262 g/mol. The predicted molar refractivity (Wildman–Crippen MR) is 79.1 cm³/mol. The molecule has 0 spiro atoms. The van der Waals surface area contributed by atoms with Crippen molar-refractivity contribution in [3.05, 3.63) is 35.4 Å². The van der Waals surface area contributed by atoms with Crippen LogP contribution in [-0.4, -0.2) is 24.3 Å². The maximum absolute atomic E-state index is 9.11. The van der Waals surface area contributed by atoms with Gasteiger partial charge in [0.25, 0.3) is 0 Å². The van der Waals surface area contributed by atoms with Crippen LogP contribution in [0.4, 0.5) is 0 Å². The number of aliphatic hydroxyl groups excluding tert-OH is 1. The normalized spacial score (nSPS) is 18.3. The van der Waals surface area contributed by atoms with Gasteiger partial charge < -0.3 is 16.2 Å². The molecule has 1 aromatic rings. The summed E-state index contributed by atoms with van der Waals surface area (Å²) in [6.07, 6.45) is 4.42. The molecule has 1 aliphatic rings. The molecule has 106 valence electrons. The summed E-state index contributed by atoms with van der Waals surface area (Å²) in [5, 5.41) is 12.7. The summed E-state index contributed by atoms with van der Waals surface area (Å²) in [5.74, 6) is 0.741. The zero-order valence-corrected chi connectivity index (χ0v) is 11.8. The first kappa shape index (κ1) is 14.5. The van der Waals surface area contributed by atoms with Crippen molar-refractivity contribution in [1.82, 2.24) is 5.32 Å². The number of hydrogen-bond acceptors (Lipinski definition) is 3. The highest BCUT2D eigenvalue weighted by Crippen LogP contribution is 2.42. The molecule has 0 bridgehead atoms. The molecule has 0 amide bonds. The van der Waals surface area contributed by atoms with Gasteiger partial charge in [-0.3, -0.25) is 0 Å². The fourth-order valence-electron chi connectivity index (χ4n) is 2.72. The van der Waals surface area contributed by atoms with Crippen molar-refractivity contribution in [2.24, 2.45) is 5.73 Å². The number of nitrogens with one attached hydrogen (secondary N) is 1. The SMILES string of the molecule is CCC(CCO)NC(CN)c1ccccc1C1CC1. The van der Waals surface area contributed by atoms with Crippen molar-refractivity contribution in [2.75, 3.05) is 13.2 Å². The van der Waals surface area contributed by atoms with Crippen molar-refractivity contribution in [2.45, 2.75) is 50.6 Å². The first-order valence-corrected chi connectivity index (χ1v) is 7.45. The Labute approximate surface area is 116 Å². The van der Waals surface area contributed by atoms with Gasteiger partial charge in [-0.05, 0) is 42.7 Å². The molecule has 0 radical (unpaired) electrons. The molecule has 0 saturated heterocycles. The summed E-state index contributed by atoms with van der Waals surface area (Å²) in [5.41, 5.74) is 8.78. The molecule has 19 heavy (non-hydrogen) atoms. The molecule has 0 aliphatic heterocycles. The Kier molecular flexibility index (Phi) is 5.37. The molecule has 0 heterocycles. The van der Waals surface area contributed by atoms with Gasteiger partial charge in [-0.1, -0.05) is 31.2 Å². The quantitative estimate of drug-likeness (QED) is 0.674. The van der Waals surface area contributed by atoms with E-state index in [1.807, 2.05) is 0 Å². The molecule has 2 unspecified atom stereocenters. The van der Waals surface area contributed by atoms with Crippen molar-refractivity contribution in [3.8, 4) is 0 Å². The third kappa shape index (κ3) is 3.78. The summed E-state index contributed by atoms with van der Waals surface area (Å²) >= 11 is 0. The van der Waals surface area contributed by atoms with Crippen LogP contribution in [0.5, 0.6) is 0 Å². The molecule has 2 atom stereocenters. The topological polar surface area (TPSA) is 58.3 Å². The van der Waals surface area contributed by atoms with Crippen molar-refractivity contribution >= 4 is 0 Å². The highest BCUT2D eigenvalue weighted by molar-refractivity contribution is 5.35. The van der Waals surface area contributed by atoms with Gasteiger partial charge in [0.2, 0.25) is 0 Å². The van der Waals surface area contributed by atoms with Crippen LogP contribution in [-0.2, 0) is 0 Å². The Balaban J connectivity index is 2.12. The minimum atomic E-state index is 0.202. The minimum absolute atomic E-state index is 0.202. The van der Waals surface area contributed by atoms with Gasteiger partial charge in [0.15, 0.2) is 0 Å². The third-order valence-electron chi connectivity index (χ3n) is 4.03. The monoisotopic (exact) mass is 262 g/mol. The zero-order chi connectivity index (χ0) is 13.7. The van der Waals surface area contributed by atoms with E-state index in [1.54, 1.807) is 0 Å². The number of rotatable bonds is 8. The number of benzene rings is 1. The highest BCUT2D eigenvalue weighted by Gasteiger charge is 2.28. The second kappa shape index (κ2) is 7.04. The Hall–Kier alpha value is -0.900. The summed E-state index contributed by atoms with van der Waals surface area (Å²) in [7, 11) is 0. The number of hydrogen-bond donors (Lipinski definition) is 3. The zero-order valence-electron chi connectivity index (χ0n) is 11.8. The van der Waals surface area contributed by atoms with Gasteiger partial charge >= 0.3 is 0 Å². The Morgan fingerprint density at radius 3 is 2.68 bits per heavy atom. The van der Waals surface area contributed by atoms with E-state index < -0.39 is 0 Å². The molecule has 0 aromatic heterocycles. The van der Waals surface area contributed by atoms with Crippen LogP contribution in [0.25, 0.3) is 0 Å². The first-order chi connectivity index (χ1) is 9.30. The lowest BCUT2D eigenvalue weighted by atomic mass is 9.96. The molecule has 3 heteroatoms. The summed E-state index contributed by atoms with van der Waals surface area (Å²) in [4.78, 5) is 0. The van der Waals surface area contributed by atoms with Crippen LogP contribution in [0.1, 0.15) is 55.7 Å². The van der Waals surface area contributed by atoms with E-state index in [9.17, 15) is 0 Å². The van der Waals surface area contributed by atoms with E-state index in [-0.39, 0.29) is 12.6 Å². The van der Waals surface area contributed by atoms with E-state index >= 15 is 0 Å². The summed E-state index contributed by atoms with van der Waals surface area (Å²) < 4.78 is 0. The van der Waals surface area contributed by atoms with Crippen LogP contribution < -0.4 is 11.1 Å². The van der Waals surface area contributed by atoms with E-state index in [0.29, 0.717) is 12.6 Å². The fraction of sp³-hybridized carbons (Fsp3) is 0.625. The molecule has 1 aliphatic carbocycles. The molecule has 1 fully saturated rings. The second-order valence-electron chi connectivity index (χ2n) is 5.48. The van der Waals surface area contributed by atoms with E-state index in [0.717, 1.165) is 18.8 Å². The molecule has 4 N–H and O–H groups in total. The Morgan fingerprint density at radius 1 is 1.37 bits per heavy atom. The molecule has 3 nitrogen and oxygen atoms in total. The summed E-state index contributed by atoms with van der Waals surface area (Å²) in [6.45, 7) is 2.98. The van der Waals surface area contributed by atoms with Crippen molar-refractivity contribution in [1.29, 1.82) is 0 Å². The molecule has 1 saturated carbocycles. The van der Waals surface area contributed by atoms with Gasteiger partial charge in [-0.2, -0.15) is 0 Å². The van der Waals surface area contributed by atoms with Crippen LogP contribution in [0.3, 0.4) is 0 Å². The van der Waals surface area contributed by atoms with Gasteiger partial charge in [0, 0.05) is 25.2 Å². The molecular formula is C16H26N2O. The molecule has 1 aromatic carbocycles. The second-order valence-corrected chi connectivity index (χ2v) is 5.48. The minimum Gasteiger partial charge on any atom is -0.396 e. The smallest absolute Gasteiger partial charge is 0.0449 e. The Morgan fingerprint density at radius 2 is 2.11 bits per heavy atom. The average Bonchev–Trinajstić information content (AvgIpc) is 3.28. The predicted octanol–water partition coefficient (Wildman–Crippen LogP) is 2.31. The lowest BCUT2D eigenvalue weighted by Crippen LogP contribution is -2.37. The number of aliphatic hydroxyl groups is 1. The standard InChI is InChI=1S/C16H26N2O/c1-2-13(9-10-19)18-16(11-17)15-6-4-3-5-14(15)12-7-8-12/h3-6,12-13,16,18-19H,2,7-11,17H2,1H3. The lowest BCUT2D eigenvalue weighted by Gasteiger charge is -2.26. The van der Waals surface area contributed by atoms with Crippen molar-refractivity contribution in [3.63, 3.8) is 0 Å². The van der Waals surface area contributed by atoms with E-state index in [4.69, 9.17) is 10.8 Å². The highest BCUT2D eigenvalue weighted by atomic mass is 16.3. The van der Waals surface area contributed by atoms with Gasteiger partial charge in [-0.15, -0.1) is 0 Å². The summed E-state index contributed by atoms with van der Waals surface area (Å²) in [6, 6.07) is 9.20. The lowest BCUT2D eigenvalue weighted by molar-refractivity contribution is 0.255. The first-order valence-electron chi connectivity index (χ1n) is 7.45. The maximum Gasteiger partial charge on any atom is 0.0449 e. The van der Waals surface area contributed by atoms with Gasteiger partial charge in [0.1, 0.15) is 0 Å².